The van der Waals surface area contributed by atoms with Crippen LogP contribution in [-0.4, -0.2) is 6.09 Å². The Morgan fingerprint density at radius 1 is 1.15 bits per heavy atom. The lowest BCUT2D eigenvalue weighted by molar-refractivity contribution is 0.215. The van der Waals surface area contributed by atoms with Crippen molar-refractivity contribution >= 4 is 35.0 Å². The molecule has 0 saturated carbocycles. The number of amides is 1. The first-order valence-corrected chi connectivity index (χ1v) is 6.87. The molecule has 2 aromatic carbocycles. The van der Waals surface area contributed by atoms with Gasteiger partial charge in [-0.25, -0.2) is 4.79 Å². The molecule has 2 aromatic rings. The summed E-state index contributed by atoms with van der Waals surface area (Å²) in [5.74, 6) is 0.412. The van der Waals surface area contributed by atoms with Crippen LogP contribution >= 0.6 is 23.2 Å². The van der Waals surface area contributed by atoms with Crippen molar-refractivity contribution in [3.8, 4) is 5.75 Å². The van der Waals surface area contributed by atoms with Crippen molar-refractivity contribution in [1.29, 1.82) is 0 Å². The predicted octanol–water partition coefficient (Wildman–Crippen LogP) is 5.17. The zero-order valence-electron chi connectivity index (χ0n) is 10.8. The van der Waals surface area contributed by atoms with Gasteiger partial charge < -0.3 is 4.74 Å². The van der Waals surface area contributed by atoms with E-state index < -0.39 is 6.09 Å². The van der Waals surface area contributed by atoms with E-state index in [9.17, 15) is 4.79 Å². The Balaban J connectivity index is 2.06. The lowest BCUT2D eigenvalue weighted by Gasteiger charge is -2.10. The maximum Gasteiger partial charge on any atom is 0.417 e. The highest BCUT2D eigenvalue weighted by atomic mass is 35.5. The van der Waals surface area contributed by atoms with Crippen molar-refractivity contribution in [2.75, 3.05) is 5.32 Å². The minimum Gasteiger partial charge on any atom is -0.410 e. The second kappa shape index (κ2) is 6.64. The molecule has 3 nitrogen and oxygen atoms in total. The molecule has 0 bridgehead atoms. The number of benzene rings is 2. The number of rotatable bonds is 3. The van der Waals surface area contributed by atoms with E-state index in [1.165, 1.54) is 0 Å². The van der Waals surface area contributed by atoms with Gasteiger partial charge >= 0.3 is 6.09 Å². The molecule has 2 rings (SSSR count). The zero-order valence-corrected chi connectivity index (χ0v) is 12.3. The predicted molar refractivity (Wildman–Crippen MR) is 81.9 cm³/mol. The molecule has 0 heterocycles. The fourth-order valence-corrected chi connectivity index (χ4v) is 2.13. The highest BCUT2D eigenvalue weighted by Gasteiger charge is 2.10. The van der Waals surface area contributed by atoms with Crippen LogP contribution in [-0.2, 0) is 6.42 Å². The smallest absolute Gasteiger partial charge is 0.410 e. The maximum absolute atomic E-state index is 11.8. The van der Waals surface area contributed by atoms with Gasteiger partial charge in [-0.1, -0.05) is 42.3 Å². The third kappa shape index (κ3) is 3.65. The van der Waals surface area contributed by atoms with Crippen LogP contribution in [0.4, 0.5) is 10.5 Å². The molecule has 0 aliphatic heterocycles. The van der Waals surface area contributed by atoms with Crippen LogP contribution in [0.2, 0.25) is 10.0 Å². The Labute approximate surface area is 127 Å². The third-order valence-electron chi connectivity index (χ3n) is 2.72. The van der Waals surface area contributed by atoms with E-state index in [1.54, 1.807) is 30.3 Å². The van der Waals surface area contributed by atoms with Crippen LogP contribution in [0.15, 0.2) is 42.5 Å². The SMILES string of the molecule is CCc1cccc(NC(=O)Oc2ccc(Cl)cc2)c1Cl. The molecule has 104 valence electrons. The molecule has 0 spiro atoms. The Morgan fingerprint density at radius 3 is 2.50 bits per heavy atom. The molecule has 0 saturated heterocycles. The van der Waals surface area contributed by atoms with Gasteiger partial charge in [0.25, 0.3) is 0 Å². The number of ether oxygens (including phenoxy) is 1. The van der Waals surface area contributed by atoms with Crippen molar-refractivity contribution < 1.29 is 9.53 Å². The van der Waals surface area contributed by atoms with Crippen molar-refractivity contribution in [2.45, 2.75) is 13.3 Å². The molecule has 20 heavy (non-hydrogen) atoms. The van der Waals surface area contributed by atoms with Crippen LogP contribution in [0.3, 0.4) is 0 Å². The lowest BCUT2D eigenvalue weighted by atomic mass is 10.1. The molecule has 5 heteroatoms. The second-order valence-corrected chi connectivity index (χ2v) is 4.92. The van der Waals surface area contributed by atoms with Crippen molar-refractivity contribution in [3.63, 3.8) is 0 Å². The summed E-state index contributed by atoms with van der Waals surface area (Å²) in [5, 5.41) is 3.73. The zero-order chi connectivity index (χ0) is 14.5. The molecule has 1 N–H and O–H groups in total. The highest BCUT2D eigenvalue weighted by Crippen LogP contribution is 2.26. The van der Waals surface area contributed by atoms with E-state index in [1.807, 2.05) is 19.1 Å². The fraction of sp³-hybridized carbons (Fsp3) is 0.133. The highest BCUT2D eigenvalue weighted by molar-refractivity contribution is 6.34. The molecule has 0 aliphatic rings. The number of aryl methyl sites for hydroxylation is 1. The largest absolute Gasteiger partial charge is 0.417 e. The maximum atomic E-state index is 11.8. The number of anilines is 1. The number of halogens is 2. The number of hydrogen-bond acceptors (Lipinski definition) is 2. The van der Waals surface area contributed by atoms with Gasteiger partial charge in [-0.15, -0.1) is 0 Å². The summed E-state index contributed by atoms with van der Waals surface area (Å²) in [6.45, 7) is 2.00. The monoisotopic (exact) mass is 309 g/mol. The van der Waals surface area contributed by atoms with Gasteiger partial charge in [0.15, 0.2) is 0 Å². The van der Waals surface area contributed by atoms with Crippen LogP contribution in [0.25, 0.3) is 0 Å². The summed E-state index contributed by atoms with van der Waals surface area (Å²) < 4.78 is 5.13. The summed E-state index contributed by atoms with van der Waals surface area (Å²) >= 11 is 11.9. The Bertz CT molecular complexity index is 612. The number of carbonyl (C=O) groups is 1. The topological polar surface area (TPSA) is 38.3 Å². The molecular formula is C15H13Cl2NO2. The average molecular weight is 310 g/mol. The Kier molecular flexibility index (Phi) is 4.88. The van der Waals surface area contributed by atoms with Gasteiger partial charge in [0.2, 0.25) is 0 Å². The molecule has 0 aromatic heterocycles. The van der Waals surface area contributed by atoms with Crippen LogP contribution < -0.4 is 10.1 Å². The molecule has 0 unspecified atom stereocenters. The van der Waals surface area contributed by atoms with Crippen molar-refractivity contribution in [2.24, 2.45) is 0 Å². The van der Waals surface area contributed by atoms with E-state index in [4.69, 9.17) is 27.9 Å². The molecule has 0 atom stereocenters. The lowest BCUT2D eigenvalue weighted by Crippen LogP contribution is -2.17. The first kappa shape index (κ1) is 14.7. The van der Waals surface area contributed by atoms with Gasteiger partial charge in [0, 0.05) is 5.02 Å². The number of carbonyl (C=O) groups excluding carboxylic acids is 1. The van der Waals surface area contributed by atoms with Crippen molar-refractivity contribution in [1.82, 2.24) is 0 Å². The molecule has 0 fully saturated rings. The Hall–Kier alpha value is -1.71. The van der Waals surface area contributed by atoms with Gasteiger partial charge in [-0.3, -0.25) is 5.32 Å². The van der Waals surface area contributed by atoms with Crippen molar-refractivity contribution in [3.05, 3.63) is 58.1 Å². The molecule has 0 aliphatic carbocycles. The summed E-state index contributed by atoms with van der Waals surface area (Å²) in [5.41, 5.74) is 1.50. The summed E-state index contributed by atoms with van der Waals surface area (Å²) in [6, 6.07) is 12.0. The van der Waals surface area contributed by atoms with Crippen LogP contribution in [0.1, 0.15) is 12.5 Å². The van der Waals surface area contributed by atoms with Crippen LogP contribution in [0.5, 0.6) is 5.75 Å². The quantitative estimate of drug-likeness (QED) is 0.849. The average Bonchev–Trinajstić information content (AvgIpc) is 2.44. The fourth-order valence-electron chi connectivity index (χ4n) is 1.69. The summed E-state index contributed by atoms with van der Waals surface area (Å²) in [7, 11) is 0. The van der Waals surface area contributed by atoms with E-state index in [0.717, 1.165) is 12.0 Å². The normalized spacial score (nSPS) is 10.2. The first-order chi connectivity index (χ1) is 9.60. The Morgan fingerprint density at radius 2 is 1.85 bits per heavy atom. The second-order valence-electron chi connectivity index (χ2n) is 4.10. The third-order valence-corrected chi connectivity index (χ3v) is 3.42. The van der Waals surface area contributed by atoms with E-state index in [-0.39, 0.29) is 0 Å². The first-order valence-electron chi connectivity index (χ1n) is 6.12. The standard InChI is InChI=1S/C15H13Cl2NO2/c1-2-10-4-3-5-13(14(10)17)18-15(19)20-12-8-6-11(16)7-9-12/h3-9H,2H2,1H3,(H,18,19). The minimum absolute atomic E-state index is 0.412. The van der Waals surface area contributed by atoms with E-state index in [0.29, 0.717) is 21.5 Å². The molecular weight excluding hydrogens is 297 g/mol. The van der Waals surface area contributed by atoms with Crippen LogP contribution in [0, 0.1) is 0 Å². The van der Waals surface area contributed by atoms with Gasteiger partial charge in [0.05, 0.1) is 10.7 Å². The minimum atomic E-state index is -0.595. The molecule has 1 amide bonds. The van der Waals surface area contributed by atoms with Gasteiger partial charge in [-0.05, 0) is 42.3 Å². The van der Waals surface area contributed by atoms with E-state index >= 15 is 0 Å². The molecule has 0 radical (unpaired) electrons. The van der Waals surface area contributed by atoms with Gasteiger partial charge in [-0.2, -0.15) is 0 Å². The van der Waals surface area contributed by atoms with Gasteiger partial charge in [0.1, 0.15) is 5.75 Å². The summed E-state index contributed by atoms with van der Waals surface area (Å²) in [6.07, 6.45) is 0.197. The van der Waals surface area contributed by atoms with E-state index in [2.05, 4.69) is 5.32 Å². The summed E-state index contributed by atoms with van der Waals surface area (Å²) in [4.78, 5) is 11.8. The number of hydrogen-bond donors (Lipinski definition) is 1. The number of nitrogens with one attached hydrogen (secondary N) is 1.